The minimum atomic E-state index is -3.74. The lowest BCUT2D eigenvalue weighted by molar-refractivity contribution is -0.146. The number of aryl methyl sites for hydroxylation is 1. The van der Waals surface area contributed by atoms with Crippen LogP contribution in [-0.4, -0.2) is 20.4 Å². The van der Waals surface area contributed by atoms with Crippen LogP contribution in [0.2, 0.25) is 0 Å². The van der Waals surface area contributed by atoms with E-state index in [4.69, 9.17) is 4.74 Å². The Morgan fingerprint density at radius 3 is 2.40 bits per heavy atom. The van der Waals surface area contributed by atoms with Crippen molar-refractivity contribution in [1.29, 1.82) is 0 Å². The average Bonchev–Trinajstić information content (AvgIpc) is 2.60. The van der Waals surface area contributed by atoms with Gasteiger partial charge in [-0.15, -0.1) is 0 Å². The molecule has 0 radical (unpaired) electrons. The molecule has 0 aliphatic heterocycles. The van der Waals surface area contributed by atoms with Gasteiger partial charge in [0.2, 0.25) is 10.0 Å². The monoisotopic (exact) mass is 359 g/mol. The number of rotatable bonds is 7. The zero-order valence-electron chi connectivity index (χ0n) is 14.2. The predicted molar refractivity (Wildman–Crippen MR) is 98.0 cm³/mol. The molecule has 0 amide bonds. The molecule has 0 saturated carbocycles. The number of ether oxygens (including phenoxy) is 1. The van der Waals surface area contributed by atoms with Crippen LogP contribution in [0.4, 0.5) is 0 Å². The largest absolute Gasteiger partial charge is 0.460 e. The minimum absolute atomic E-state index is 0.102. The smallest absolute Gasteiger partial charge is 0.324 e. The van der Waals surface area contributed by atoms with Crippen molar-refractivity contribution in [3.05, 3.63) is 76.7 Å². The van der Waals surface area contributed by atoms with E-state index in [9.17, 15) is 13.2 Å². The van der Waals surface area contributed by atoms with Crippen LogP contribution < -0.4 is 4.72 Å². The van der Waals surface area contributed by atoms with Crippen LogP contribution in [0, 0.1) is 6.92 Å². The van der Waals surface area contributed by atoms with Crippen LogP contribution >= 0.6 is 0 Å². The summed E-state index contributed by atoms with van der Waals surface area (Å²) in [6, 6.07) is 15.6. The third kappa shape index (κ3) is 6.52. The quantitative estimate of drug-likeness (QED) is 0.771. The highest BCUT2D eigenvalue weighted by molar-refractivity contribution is 7.92. The summed E-state index contributed by atoms with van der Waals surface area (Å²) in [7, 11) is -3.74. The van der Waals surface area contributed by atoms with Gasteiger partial charge in [0.1, 0.15) is 12.6 Å². The lowest BCUT2D eigenvalue weighted by Gasteiger charge is -2.12. The van der Waals surface area contributed by atoms with Crippen LogP contribution in [0.1, 0.15) is 23.6 Å². The first-order chi connectivity index (χ1) is 11.9. The lowest BCUT2D eigenvalue weighted by atomic mass is 10.2. The first-order valence-electron chi connectivity index (χ1n) is 7.83. The summed E-state index contributed by atoms with van der Waals surface area (Å²) in [6.45, 7) is 3.52. The van der Waals surface area contributed by atoms with Crippen molar-refractivity contribution in [2.45, 2.75) is 26.5 Å². The molecule has 2 rings (SSSR count). The highest BCUT2D eigenvalue weighted by atomic mass is 32.2. The number of nitrogens with one attached hydrogen (secondary N) is 1. The van der Waals surface area contributed by atoms with Crippen LogP contribution in [0.15, 0.2) is 60.0 Å². The zero-order chi connectivity index (χ0) is 18.3. The van der Waals surface area contributed by atoms with Gasteiger partial charge in [0, 0.05) is 5.41 Å². The summed E-state index contributed by atoms with van der Waals surface area (Å²) in [4.78, 5) is 12.0. The van der Waals surface area contributed by atoms with Crippen molar-refractivity contribution < 1.29 is 17.9 Å². The van der Waals surface area contributed by atoms with Gasteiger partial charge in [-0.05, 0) is 31.1 Å². The summed E-state index contributed by atoms with van der Waals surface area (Å²) in [5, 5.41) is 1.03. The maximum absolute atomic E-state index is 12.0. The molecule has 0 spiro atoms. The minimum Gasteiger partial charge on any atom is -0.460 e. The second-order valence-electron chi connectivity index (χ2n) is 5.69. The van der Waals surface area contributed by atoms with Gasteiger partial charge in [0.15, 0.2) is 0 Å². The standard InChI is InChI=1S/C19H21NO4S/c1-15-8-10-18(11-9-15)14-24-19(21)16(2)20-25(22,23)13-12-17-6-4-3-5-7-17/h3-13,16,20H,14H2,1-2H3/b13-12+/t16-/m0/s1. The van der Waals surface area contributed by atoms with Crippen molar-refractivity contribution in [3.8, 4) is 0 Å². The molecule has 5 nitrogen and oxygen atoms in total. The highest BCUT2D eigenvalue weighted by Gasteiger charge is 2.19. The summed E-state index contributed by atoms with van der Waals surface area (Å²) >= 11 is 0. The number of benzene rings is 2. The van der Waals surface area contributed by atoms with E-state index in [1.165, 1.54) is 13.0 Å². The number of carbonyl (C=O) groups is 1. The molecular formula is C19H21NO4S. The van der Waals surface area contributed by atoms with Gasteiger partial charge in [0.25, 0.3) is 0 Å². The molecule has 0 aliphatic rings. The Balaban J connectivity index is 1.88. The number of sulfonamides is 1. The van der Waals surface area contributed by atoms with Gasteiger partial charge in [-0.25, -0.2) is 8.42 Å². The number of hydrogen-bond acceptors (Lipinski definition) is 4. The van der Waals surface area contributed by atoms with Gasteiger partial charge in [0.05, 0.1) is 0 Å². The third-order valence-electron chi connectivity index (χ3n) is 3.44. The van der Waals surface area contributed by atoms with Gasteiger partial charge in [-0.3, -0.25) is 4.79 Å². The zero-order valence-corrected chi connectivity index (χ0v) is 15.0. The molecule has 0 aliphatic carbocycles. The number of esters is 1. The van der Waals surface area contributed by atoms with E-state index < -0.39 is 22.0 Å². The Labute approximate surface area is 148 Å². The molecule has 0 bridgehead atoms. The van der Waals surface area contributed by atoms with Crippen LogP contribution in [0.5, 0.6) is 0 Å². The molecule has 2 aromatic carbocycles. The van der Waals surface area contributed by atoms with E-state index in [1.807, 2.05) is 49.4 Å². The van der Waals surface area contributed by atoms with Crippen molar-refractivity contribution >= 4 is 22.1 Å². The van der Waals surface area contributed by atoms with Gasteiger partial charge < -0.3 is 4.74 Å². The Hall–Kier alpha value is -2.44. The van der Waals surface area contributed by atoms with Gasteiger partial charge in [-0.1, -0.05) is 60.2 Å². The SMILES string of the molecule is Cc1ccc(COC(=O)[C@H](C)NS(=O)(=O)/C=C/c2ccccc2)cc1. The third-order valence-corrected chi connectivity index (χ3v) is 4.61. The van der Waals surface area contributed by atoms with E-state index in [1.54, 1.807) is 12.1 Å². The molecule has 1 N–H and O–H groups in total. The van der Waals surface area contributed by atoms with Crippen molar-refractivity contribution in [2.24, 2.45) is 0 Å². The first kappa shape index (κ1) is 18.9. The molecule has 6 heteroatoms. The molecule has 0 unspecified atom stereocenters. The molecule has 0 heterocycles. The fourth-order valence-corrected chi connectivity index (χ4v) is 3.03. The maximum atomic E-state index is 12.0. The van der Waals surface area contributed by atoms with Crippen LogP contribution in [-0.2, 0) is 26.2 Å². The maximum Gasteiger partial charge on any atom is 0.324 e. The number of carbonyl (C=O) groups excluding carboxylic acids is 1. The molecule has 132 valence electrons. The van der Waals surface area contributed by atoms with Gasteiger partial charge >= 0.3 is 5.97 Å². The summed E-state index contributed by atoms with van der Waals surface area (Å²) in [6.07, 6.45) is 1.46. The summed E-state index contributed by atoms with van der Waals surface area (Å²) < 4.78 is 31.5. The average molecular weight is 359 g/mol. The van der Waals surface area contributed by atoms with E-state index in [0.717, 1.165) is 22.1 Å². The Morgan fingerprint density at radius 2 is 1.76 bits per heavy atom. The molecule has 25 heavy (non-hydrogen) atoms. The highest BCUT2D eigenvalue weighted by Crippen LogP contribution is 2.06. The fourth-order valence-electron chi connectivity index (χ4n) is 2.03. The Kier molecular flexibility index (Phi) is 6.50. The summed E-state index contributed by atoms with van der Waals surface area (Å²) in [5.74, 6) is -0.628. The van der Waals surface area contributed by atoms with Gasteiger partial charge in [-0.2, -0.15) is 4.72 Å². The van der Waals surface area contributed by atoms with E-state index >= 15 is 0 Å². The topological polar surface area (TPSA) is 72.5 Å². The predicted octanol–water partition coefficient (Wildman–Crippen LogP) is 3.02. The van der Waals surface area contributed by atoms with E-state index in [2.05, 4.69) is 4.72 Å². The van der Waals surface area contributed by atoms with Crippen molar-refractivity contribution in [1.82, 2.24) is 4.72 Å². The molecule has 0 fully saturated rings. The molecule has 0 saturated heterocycles. The second kappa shape index (κ2) is 8.60. The van der Waals surface area contributed by atoms with Crippen LogP contribution in [0.25, 0.3) is 6.08 Å². The van der Waals surface area contributed by atoms with E-state index in [-0.39, 0.29) is 6.61 Å². The van der Waals surface area contributed by atoms with E-state index in [0.29, 0.717) is 0 Å². The molecule has 1 atom stereocenters. The van der Waals surface area contributed by atoms with Crippen molar-refractivity contribution in [2.75, 3.05) is 0 Å². The second-order valence-corrected chi connectivity index (χ2v) is 7.29. The van der Waals surface area contributed by atoms with Crippen LogP contribution in [0.3, 0.4) is 0 Å². The van der Waals surface area contributed by atoms with Crippen molar-refractivity contribution in [3.63, 3.8) is 0 Å². The normalized spacial score (nSPS) is 12.9. The molecule has 2 aromatic rings. The Bertz CT molecular complexity index is 827. The molecular weight excluding hydrogens is 338 g/mol. The first-order valence-corrected chi connectivity index (χ1v) is 9.38. The molecule has 0 aromatic heterocycles. The Morgan fingerprint density at radius 1 is 1.12 bits per heavy atom. The lowest BCUT2D eigenvalue weighted by Crippen LogP contribution is -2.38. The fraction of sp³-hybridized carbons (Fsp3) is 0.211. The number of hydrogen-bond donors (Lipinski definition) is 1. The summed E-state index contributed by atoms with van der Waals surface area (Å²) in [5.41, 5.74) is 2.71.